The Balaban J connectivity index is 1.79. The van der Waals surface area contributed by atoms with Crippen molar-refractivity contribution in [3.05, 3.63) is 90.0 Å². The molecule has 0 unspecified atom stereocenters. The molecular weight excluding hydrogens is 468 g/mol. The number of nitrogens with one attached hydrogen (secondary N) is 1. The molecule has 0 radical (unpaired) electrons. The lowest BCUT2D eigenvalue weighted by molar-refractivity contribution is 0.348. The van der Waals surface area contributed by atoms with Crippen molar-refractivity contribution in [2.45, 2.75) is 0 Å². The van der Waals surface area contributed by atoms with E-state index in [1.807, 2.05) is 18.2 Å². The van der Waals surface area contributed by atoms with Crippen LogP contribution in [0.2, 0.25) is 0 Å². The molecule has 0 fully saturated rings. The van der Waals surface area contributed by atoms with Crippen molar-refractivity contribution in [3.63, 3.8) is 0 Å². The highest BCUT2D eigenvalue weighted by Crippen LogP contribution is 2.41. The molecule has 2 aromatic heterocycles. The zero-order valence-corrected chi connectivity index (χ0v) is 19.8. The predicted octanol–water partition coefficient (Wildman–Crippen LogP) is 4.76. The summed E-state index contributed by atoms with van der Waals surface area (Å²) in [6, 6.07) is 21.2. The first kappa shape index (κ1) is 23.7. The Labute approximate surface area is 203 Å². The highest BCUT2D eigenvalue weighted by atomic mass is 32.2. The van der Waals surface area contributed by atoms with E-state index in [4.69, 9.17) is 14.2 Å². The summed E-state index contributed by atoms with van der Waals surface area (Å²) in [6.45, 7) is 0. The van der Waals surface area contributed by atoms with Crippen LogP contribution >= 0.6 is 0 Å². The molecule has 35 heavy (non-hydrogen) atoms. The first-order chi connectivity index (χ1) is 17.0. The third-order valence-electron chi connectivity index (χ3n) is 4.68. The Morgan fingerprint density at radius 3 is 2.23 bits per heavy atom. The van der Waals surface area contributed by atoms with Gasteiger partial charge in [-0.15, -0.1) is 0 Å². The van der Waals surface area contributed by atoms with Crippen LogP contribution in [0.25, 0.3) is 17.6 Å². The first-order valence-corrected chi connectivity index (χ1v) is 12.0. The predicted molar refractivity (Wildman–Crippen MR) is 133 cm³/mol. The smallest absolute Gasteiger partial charge is 0.263 e. The molecule has 0 aliphatic carbocycles. The van der Waals surface area contributed by atoms with E-state index < -0.39 is 10.0 Å². The van der Waals surface area contributed by atoms with Gasteiger partial charge in [-0.1, -0.05) is 48.5 Å². The van der Waals surface area contributed by atoms with Gasteiger partial charge in [0.25, 0.3) is 15.9 Å². The van der Waals surface area contributed by atoms with E-state index in [1.165, 1.54) is 20.3 Å². The van der Waals surface area contributed by atoms with Gasteiger partial charge >= 0.3 is 0 Å². The van der Waals surface area contributed by atoms with Crippen LogP contribution in [-0.4, -0.2) is 37.6 Å². The molecule has 0 spiro atoms. The van der Waals surface area contributed by atoms with Gasteiger partial charge in [0.1, 0.15) is 5.69 Å². The van der Waals surface area contributed by atoms with Crippen LogP contribution < -0.4 is 18.9 Å². The summed E-state index contributed by atoms with van der Waals surface area (Å²) >= 11 is 0. The van der Waals surface area contributed by atoms with Crippen LogP contribution in [0.4, 0.5) is 5.82 Å². The molecule has 1 N–H and O–H groups in total. The first-order valence-electron chi connectivity index (χ1n) is 10.4. The normalized spacial score (nSPS) is 11.3. The fourth-order valence-electron chi connectivity index (χ4n) is 3.05. The van der Waals surface area contributed by atoms with E-state index in [9.17, 15) is 8.42 Å². The number of sulfonamides is 1. The molecule has 178 valence electrons. The second kappa shape index (κ2) is 10.7. The second-order valence-corrected chi connectivity index (χ2v) is 8.63. The number of hydrogen-bond donors (Lipinski definition) is 1. The third kappa shape index (κ3) is 5.92. The number of rotatable bonds is 9. The lowest BCUT2D eigenvalue weighted by Gasteiger charge is -2.16. The Morgan fingerprint density at radius 2 is 1.54 bits per heavy atom. The van der Waals surface area contributed by atoms with Gasteiger partial charge in [-0.3, -0.25) is 9.71 Å². The minimum Gasteiger partial charge on any atom is -0.493 e. The van der Waals surface area contributed by atoms with E-state index in [0.29, 0.717) is 17.2 Å². The fourth-order valence-corrected chi connectivity index (χ4v) is 3.87. The molecule has 0 amide bonds. The minimum absolute atomic E-state index is 0.0105. The van der Waals surface area contributed by atoms with Crippen molar-refractivity contribution in [3.8, 4) is 34.6 Å². The highest BCUT2D eigenvalue weighted by molar-refractivity contribution is 7.95. The monoisotopic (exact) mass is 490 g/mol. The van der Waals surface area contributed by atoms with Gasteiger partial charge in [0, 0.05) is 6.20 Å². The molecule has 0 atom stereocenters. The molecule has 0 bridgehead atoms. The zero-order valence-electron chi connectivity index (χ0n) is 19.0. The molecule has 9 nitrogen and oxygen atoms in total. The number of methoxy groups -OCH3 is 2. The fraction of sp³-hybridized carbons (Fsp3) is 0.0800. The minimum atomic E-state index is -4.00. The summed E-state index contributed by atoms with van der Waals surface area (Å²) < 4.78 is 45.2. The van der Waals surface area contributed by atoms with E-state index in [1.54, 1.807) is 60.8 Å². The largest absolute Gasteiger partial charge is 0.493 e. The molecule has 0 saturated heterocycles. The third-order valence-corrected chi connectivity index (χ3v) is 5.65. The van der Waals surface area contributed by atoms with E-state index in [0.717, 1.165) is 11.0 Å². The lowest BCUT2D eigenvalue weighted by atomic mass is 10.2. The Kier molecular flexibility index (Phi) is 7.22. The van der Waals surface area contributed by atoms with Gasteiger partial charge in [-0.05, 0) is 35.9 Å². The van der Waals surface area contributed by atoms with E-state index in [2.05, 4.69) is 19.7 Å². The van der Waals surface area contributed by atoms with Crippen molar-refractivity contribution >= 4 is 21.9 Å². The number of nitrogens with zero attached hydrogens (tertiary/aromatic N) is 3. The number of aromatic nitrogens is 3. The van der Waals surface area contributed by atoms with Crippen molar-refractivity contribution in [2.75, 3.05) is 18.9 Å². The number of hydrogen-bond acceptors (Lipinski definition) is 8. The number of para-hydroxylation sites is 2. The topological polar surface area (TPSA) is 113 Å². The summed E-state index contributed by atoms with van der Waals surface area (Å²) in [5, 5.41) is 1.05. The zero-order chi connectivity index (χ0) is 24.7. The van der Waals surface area contributed by atoms with Crippen LogP contribution in [0.15, 0.2) is 84.4 Å². The van der Waals surface area contributed by atoms with Crippen LogP contribution in [0.1, 0.15) is 5.56 Å². The Morgan fingerprint density at radius 1 is 0.829 bits per heavy atom. The van der Waals surface area contributed by atoms with Gasteiger partial charge in [0.05, 0.1) is 19.6 Å². The number of benzene rings is 2. The lowest BCUT2D eigenvalue weighted by Crippen LogP contribution is -2.13. The van der Waals surface area contributed by atoms with Crippen molar-refractivity contribution in [1.82, 2.24) is 15.0 Å². The SMILES string of the molecule is COc1ccccc1Oc1c(NS(=O)(=O)C=Cc2ccccc2)nc(-c2ccccn2)nc1OC. The van der Waals surface area contributed by atoms with Crippen molar-refractivity contribution < 1.29 is 22.6 Å². The molecule has 0 aliphatic heterocycles. The summed E-state index contributed by atoms with van der Waals surface area (Å²) in [5.41, 5.74) is 1.15. The molecule has 10 heteroatoms. The van der Waals surface area contributed by atoms with Crippen molar-refractivity contribution in [1.29, 1.82) is 0 Å². The quantitative estimate of drug-likeness (QED) is 0.357. The summed E-state index contributed by atoms with van der Waals surface area (Å²) in [5.74, 6) is 0.759. The summed E-state index contributed by atoms with van der Waals surface area (Å²) in [6.07, 6.45) is 3.05. The van der Waals surface area contributed by atoms with Gasteiger partial charge in [0.15, 0.2) is 23.1 Å². The molecule has 2 aromatic carbocycles. The summed E-state index contributed by atoms with van der Waals surface area (Å²) in [7, 11) is -1.10. The van der Waals surface area contributed by atoms with Gasteiger partial charge in [0.2, 0.25) is 5.75 Å². The maximum Gasteiger partial charge on any atom is 0.263 e. The molecule has 0 saturated carbocycles. The van der Waals surface area contributed by atoms with Crippen LogP contribution in [0.5, 0.6) is 23.1 Å². The Hall–Kier alpha value is -4.44. The van der Waals surface area contributed by atoms with Crippen LogP contribution in [0.3, 0.4) is 0 Å². The average molecular weight is 491 g/mol. The molecular formula is C25H22N4O5S. The maximum atomic E-state index is 13.0. The van der Waals surface area contributed by atoms with Gasteiger partial charge < -0.3 is 14.2 Å². The van der Waals surface area contributed by atoms with Gasteiger partial charge in [-0.2, -0.15) is 4.98 Å². The van der Waals surface area contributed by atoms with Crippen LogP contribution in [0, 0.1) is 0 Å². The molecule has 4 rings (SSSR count). The maximum absolute atomic E-state index is 13.0. The number of ether oxygens (including phenoxy) is 3. The second-order valence-electron chi connectivity index (χ2n) is 7.06. The standard InChI is InChI=1S/C25H22N4O5S/c1-32-20-13-6-7-14-21(20)34-22-24(29-35(30,31)17-15-18-10-4-3-5-11-18)27-23(28-25(22)33-2)19-12-8-9-16-26-19/h3-17H,1-2H3,(H,27,28,29). The molecule has 4 aromatic rings. The summed E-state index contributed by atoms with van der Waals surface area (Å²) in [4.78, 5) is 13.0. The number of anilines is 1. The number of pyridine rings is 1. The molecule has 2 heterocycles. The van der Waals surface area contributed by atoms with E-state index in [-0.39, 0.29) is 23.3 Å². The van der Waals surface area contributed by atoms with Gasteiger partial charge in [-0.25, -0.2) is 13.4 Å². The van der Waals surface area contributed by atoms with E-state index >= 15 is 0 Å². The highest BCUT2D eigenvalue weighted by Gasteiger charge is 2.23. The molecule has 0 aliphatic rings. The Bertz CT molecular complexity index is 1430. The van der Waals surface area contributed by atoms with Crippen molar-refractivity contribution in [2.24, 2.45) is 0 Å². The average Bonchev–Trinajstić information content (AvgIpc) is 2.89. The van der Waals surface area contributed by atoms with Crippen LogP contribution in [-0.2, 0) is 10.0 Å².